The Morgan fingerprint density at radius 2 is 1.88 bits per heavy atom. The first-order chi connectivity index (χ1) is 16.0. The van der Waals surface area contributed by atoms with Crippen LogP contribution >= 0.6 is 11.3 Å². The van der Waals surface area contributed by atoms with E-state index in [0.29, 0.717) is 25.0 Å². The average molecular weight is 470 g/mol. The van der Waals surface area contributed by atoms with Crippen molar-refractivity contribution in [3.63, 3.8) is 0 Å². The van der Waals surface area contributed by atoms with Crippen LogP contribution in [0.3, 0.4) is 0 Å². The smallest absolute Gasteiger partial charge is 0.326 e. The predicted octanol–water partition coefficient (Wildman–Crippen LogP) is 2.74. The van der Waals surface area contributed by atoms with Gasteiger partial charge in [0, 0.05) is 6.42 Å². The monoisotopic (exact) mass is 469 g/mol. The molecule has 0 spiro atoms. The molecule has 2 aliphatic heterocycles. The van der Waals surface area contributed by atoms with Crippen LogP contribution in [0.1, 0.15) is 48.8 Å². The maximum atomic E-state index is 12.9. The first-order valence-electron chi connectivity index (χ1n) is 11.0. The standard InChI is InChI=1S/C23H23N3O6S/c27-20(13-32-21(28)12-25-22(29)14-5-1-2-6-15(14)23(25)30)26-17(18-7-3-9-31-18)11-16(24-26)19-8-4-10-33-19/h3-4,7-10,14-15,17H,1-2,5-6,11-13H2. The normalized spacial score (nSPS) is 24.7. The third-order valence-corrected chi connectivity index (χ3v) is 7.34. The number of carbonyl (C=O) groups is 4. The van der Waals surface area contributed by atoms with Crippen molar-refractivity contribution in [2.24, 2.45) is 16.9 Å². The number of furan rings is 1. The minimum Gasteiger partial charge on any atom is -0.467 e. The predicted molar refractivity (Wildman–Crippen MR) is 117 cm³/mol. The zero-order valence-corrected chi connectivity index (χ0v) is 18.7. The van der Waals surface area contributed by atoms with Gasteiger partial charge in [0.1, 0.15) is 18.3 Å². The topological polar surface area (TPSA) is 109 Å². The zero-order valence-electron chi connectivity index (χ0n) is 17.8. The number of likely N-dealkylation sites (tertiary alicyclic amines) is 1. The van der Waals surface area contributed by atoms with E-state index in [0.717, 1.165) is 28.3 Å². The van der Waals surface area contributed by atoms with Gasteiger partial charge in [-0.1, -0.05) is 18.9 Å². The number of imide groups is 1. The minimum absolute atomic E-state index is 0.310. The van der Waals surface area contributed by atoms with Gasteiger partial charge in [0.25, 0.3) is 5.91 Å². The van der Waals surface area contributed by atoms with E-state index in [4.69, 9.17) is 9.15 Å². The lowest BCUT2D eigenvalue weighted by atomic mass is 9.81. The quantitative estimate of drug-likeness (QED) is 0.475. The number of carbonyl (C=O) groups excluding carboxylic acids is 4. The number of thiophene rings is 1. The molecule has 3 aliphatic rings. The summed E-state index contributed by atoms with van der Waals surface area (Å²) in [5, 5.41) is 7.68. The molecule has 0 N–H and O–H groups in total. The Morgan fingerprint density at radius 1 is 1.12 bits per heavy atom. The molecule has 172 valence electrons. The molecule has 2 aromatic rings. The van der Waals surface area contributed by atoms with Gasteiger partial charge in [0.15, 0.2) is 6.61 Å². The Balaban J connectivity index is 1.22. The molecule has 0 bridgehead atoms. The Bertz CT molecular complexity index is 1070. The van der Waals surface area contributed by atoms with Gasteiger partial charge in [0.05, 0.1) is 28.7 Å². The SMILES string of the molecule is O=C(CN1C(=O)C2CCCCC2C1=O)OCC(=O)N1N=C(c2cccs2)CC1c1ccco1. The molecular formula is C23H23N3O6S. The molecule has 2 fully saturated rings. The maximum Gasteiger partial charge on any atom is 0.326 e. The van der Waals surface area contributed by atoms with Gasteiger partial charge in [-0.15, -0.1) is 11.3 Å². The number of hydrogen-bond acceptors (Lipinski definition) is 8. The number of esters is 1. The minimum atomic E-state index is -0.792. The summed E-state index contributed by atoms with van der Waals surface area (Å²) < 4.78 is 10.6. The van der Waals surface area contributed by atoms with Crippen molar-refractivity contribution in [2.45, 2.75) is 38.1 Å². The van der Waals surface area contributed by atoms with Gasteiger partial charge in [-0.3, -0.25) is 24.1 Å². The fraction of sp³-hybridized carbons (Fsp3) is 0.435. The summed E-state index contributed by atoms with van der Waals surface area (Å²) in [5.41, 5.74) is 0.752. The highest BCUT2D eigenvalue weighted by Gasteiger charge is 2.48. The van der Waals surface area contributed by atoms with Crippen molar-refractivity contribution in [2.75, 3.05) is 13.2 Å². The van der Waals surface area contributed by atoms with Crippen molar-refractivity contribution in [1.82, 2.24) is 9.91 Å². The van der Waals surface area contributed by atoms with E-state index in [1.54, 1.807) is 12.1 Å². The van der Waals surface area contributed by atoms with Crippen molar-refractivity contribution in [1.29, 1.82) is 0 Å². The van der Waals surface area contributed by atoms with Gasteiger partial charge >= 0.3 is 5.97 Å². The van der Waals surface area contributed by atoms with E-state index >= 15 is 0 Å². The number of ether oxygens (including phenoxy) is 1. The molecule has 1 aliphatic carbocycles. The highest BCUT2D eigenvalue weighted by atomic mass is 32.1. The Morgan fingerprint density at radius 3 is 2.52 bits per heavy atom. The first kappa shape index (κ1) is 21.6. The van der Waals surface area contributed by atoms with Crippen LogP contribution in [0.15, 0.2) is 45.4 Å². The lowest BCUT2D eigenvalue weighted by Crippen LogP contribution is -2.38. The van der Waals surface area contributed by atoms with Crippen LogP contribution in [-0.4, -0.2) is 52.5 Å². The van der Waals surface area contributed by atoms with Gasteiger partial charge < -0.3 is 9.15 Å². The highest BCUT2D eigenvalue weighted by molar-refractivity contribution is 7.12. The highest BCUT2D eigenvalue weighted by Crippen LogP contribution is 2.38. The molecule has 1 saturated carbocycles. The molecular weight excluding hydrogens is 446 g/mol. The second-order valence-corrected chi connectivity index (χ2v) is 9.37. The van der Waals surface area contributed by atoms with E-state index in [9.17, 15) is 19.2 Å². The molecule has 4 heterocycles. The molecule has 33 heavy (non-hydrogen) atoms. The first-order valence-corrected chi connectivity index (χ1v) is 11.9. The van der Waals surface area contributed by atoms with E-state index < -0.39 is 31.1 Å². The molecule has 2 aromatic heterocycles. The van der Waals surface area contributed by atoms with Crippen molar-refractivity contribution in [3.8, 4) is 0 Å². The molecule has 0 radical (unpaired) electrons. The molecule has 10 heteroatoms. The van der Waals surface area contributed by atoms with Crippen LogP contribution in [0, 0.1) is 11.8 Å². The van der Waals surface area contributed by atoms with Gasteiger partial charge in [-0.25, -0.2) is 5.01 Å². The fourth-order valence-corrected chi connectivity index (χ4v) is 5.53. The van der Waals surface area contributed by atoms with Gasteiger partial charge in [0.2, 0.25) is 11.8 Å². The Hall–Kier alpha value is -3.27. The van der Waals surface area contributed by atoms with E-state index in [1.165, 1.54) is 22.6 Å². The van der Waals surface area contributed by atoms with Crippen LogP contribution in [-0.2, 0) is 23.9 Å². The fourth-order valence-electron chi connectivity index (χ4n) is 4.80. The average Bonchev–Trinajstić information content (AvgIpc) is 3.62. The summed E-state index contributed by atoms with van der Waals surface area (Å²) in [6, 6.07) is 6.91. The van der Waals surface area contributed by atoms with Crippen LogP contribution in [0.5, 0.6) is 0 Å². The number of amides is 3. The number of rotatable bonds is 6. The summed E-state index contributed by atoms with van der Waals surface area (Å²) in [6.07, 6.45) is 5.18. The number of hydrazone groups is 1. The molecule has 3 atom stereocenters. The third kappa shape index (κ3) is 4.10. The zero-order chi connectivity index (χ0) is 22.9. The summed E-state index contributed by atoms with van der Waals surface area (Å²) in [5.74, 6) is -2.00. The molecule has 5 rings (SSSR count). The number of hydrogen-bond donors (Lipinski definition) is 0. The second kappa shape index (κ2) is 8.93. The van der Waals surface area contributed by atoms with E-state index in [2.05, 4.69) is 5.10 Å². The third-order valence-electron chi connectivity index (χ3n) is 6.42. The summed E-state index contributed by atoms with van der Waals surface area (Å²) in [7, 11) is 0. The second-order valence-electron chi connectivity index (χ2n) is 8.42. The van der Waals surface area contributed by atoms with Crippen LogP contribution in [0.2, 0.25) is 0 Å². The molecule has 0 aromatic carbocycles. The summed E-state index contributed by atoms with van der Waals surface area (Å²) in [4.78, 5) is 52.3. The molecule has 1 saturated heterocycles. The van der Waals surface area contributed by atoms with Crippen LogP contribution in [0.25, 0.3) is 0 Å². The Kier molecular flexibility index (Phi) is 5.84. The van der Waals surface area contributed by atoms with Crippen molar-refractivity contribution in [3.05, 3.63) is 46.5 Å². The van der Waals surface area contributed by atoms with Crippen molar-refractivity contribution < 1.29 is 28.3 Å². The molecule has 9 nitrogen and oxygen atoms in total. The summed E-state index contributed by atoms with van der Waals surface area (Å²) >= 11 is 1.52. The van der Waals surface area contributed by atoms with Gasteiger partial charge in [-0.2, -0.15) is 5.10 Å². The summed E-state index contributed by atoms with van der Waals surface area (Å²) in [6.45, 7) is -1.01. The lowest BCUT2D eigenvalue weighted by Gasteiger charge is -2.20. The maximum absolute atomic E-state index is 12.9. The largest absolute Gasteiger partial charge is 0.467 e. The number of fused-ring (bicyclic) bond motifs is 1. The van der Waals surface area contributed by atoms with Gasteiger partial charge in [-0.05, 0) is 36.4 Å². The number of nitrogens with zero attached hydrogens (tertiary/aromatic N) is 3. The van der Waals surface area contributed by atoms with Crippen LogP contribution < -0.4 is 0 Å². The Labute approximate surface area is 194 Å². The van der Waals surface area contributed by atoms with E-state index in [-0.39, 0.29) is 23.7 Å². The molecule has 3 amide bonds. The van der Waals surface area contributed by atoms with Crippen LogP contribution in [0.4, 0.5) is 0 Å². The van der Waals surface area contributed by atoms with Crippen molar-refractivity contribution >= 4 is 40.7 Å². The van der Waals surface area contributed by atoms with E-state index in [1.807, 2.05) is 17.5 Å². The lowest BCUT2D eigenvalue weighted by molar-refractivity contribution is -0.157. The molecule has 3 unspecified atom stereocenters.